The van der Waals surface area contributed by atoms with Gasteiger partial charge in [-0.1, -0.05) is 19.3 Å². The smallest absolute Gasteiger partial charge is 0.240 e. The molecule has 0 aliphatic rings. The Kier molecular flexibility index (Phi) is 11.8. The molecule has 2 N–H and O–H groups in total. The first-order chi connectivity index (χ1) is 16.1. The maximum Gasteiger partial charge on any atom is 0.240 e. The first-order valence-corrected chi connectivity index (χ1v) is 11.0. The van der Waals surface area contributed by atoms with E-state index in [-0.39, 0.29) is 11.8 Å². The highest BCUT2D eigenvalue weighted by atomic mass is 16.5. The van der Waals surface area contributed by atoms with Crippen molar-refractivity contribution in [3.05, 3.63) is 59.7 Å². The van der Waals surface area contributed by atoms with Gasteiger partial charge in [0.25, 0.3) is 0 Å². The van der Waals surface area contributed by atoms with Gasteiger partial charge >= 0.3 is 0 Å². The lowest BCUT2D eigenvalue weighted by Gasteiger charge is -2.02. The van der Waals surface area contributed by atoms with Crippen LogP contribution in [0.2, 0.25) is 0 Å². The van der Waals surface area contributed by atoms with Crippen LogP contribution in [0.25, 0.3) is 0 Å². The Morgan fingerprint density at radius 3 is 1.39 bits per heavy atom. The van der Waals surface area contributed by atoms with E-state index >= 15 is 0 Å². The van der Waals surface area contributed by atoms with Crippen LogP contribution in [0.4, 0.5) is 0 Å². The van der Waals surface area contributed by atoms with E-state index in [1.165, 1.54) is 0 Å². The minimum atomic E-state index is -0.103. The maximum atomic E-state index is 11.8. The standard InChI is InChI=1S/C25H32N4O4/c1-32-22-14-10-20(11-15-22)18-26-28-24(30)8-6-4-3-5-7-9-25(31)29-27-19-21-12-16-23(33-2)17-13-21/h10-19H,3-9H2,1-2H3,(H,28,30)(H,29,31)/b26-18-,27-19-. The second-order valence-electron chi connectivity index (χ2n) is 7.40. The molecular weight excluding hydrogens is 420 g/mol. The van der Waals surface area contributed by atoms with E-state index < -0.39 is 0 Å². The number of amides is 2. The molecule has 0 aromatic heterocycles. The fraction of sp³-hybridized carbons (Fsp3) is 0.360. The van der Waals surface area contributed by atoms with Gasteiger partial charge in [-0.15, -0.1) is 0 Å². The van der Waals surface area contributed by atoms with Gasteiger partial charge in [0.2, 0.25) is 11.8 Å². The predicted molar refractivity (Wildman–Crippen MR) is 130 cm³/mol. The van der Waals surface area contributed by atoms with Gasteiger partial charge < -0.3 is 9.47 Å². The molecule has 0 unspecified atom stereocenters. The molecule has 0 aliphatic heterocycles. The highest BCUT2D eigenvalue weighted by Crippen LogP contribution is 2.11. The van der Waals surface area contributed by atoms with Gasteiger partial charge in [0, 0.05) is 12.8 Å². The number of hydrogen-bond donors (Lipinski definition) is 2. The fourth-order valence-corrected chi connectivity index (χ4v) is 2.95. The minimum absolute atomic E-state index is 0.103. The van der Waals surface area contributed by atoms with Crippen LogP contribution in [0.1, 0.15) is 56.1 Å². The molecule has 2 aromatic rings. The van der Waals surface area contributed by atoms with E-state index in [1.807, 2.05) is 48.5 Å². The van der Waals surface area contributed by atoms with Crippen LogP contribution in [0.3, 0.4) is 0 Å². The first kappa shape index (κ1) is 25.6. The van der Waals surface area contributed by atoms with Gasteiger partial charge in [-0.25, -0.2) is 10.9 Å². The molecule has 2 aromatic carbocycles. The van der Waals surface area contributed by atoms with E-state index in [0.717, 1.165) is 54.7 Å². The SMILES string of the molecule is COc1ccc(/C=N\NC(=O)CCCCCCCC(=O)N/N=C\c2ccc(OC)cc2)cc1. The molecule has 8 nitrogen and oxygen atoms in total. The number of rotatable bonds is 14. The fourth-order valence-electron chi connectivity index (χ4n) is 2.95. The van der Waals surface area contributed by atoms with Crippen LogP contribution >= 0.6 is 0 Å². The Balaban J connectivity index is 1.47. The Morgan fingerprint density at radius 2 is 1.03 bits per heavy atom. The normalized spacial score (nSPS) is 11.0. The molecule has 0 radical (unpaired) electrons. The second-order valence-corrected chi connectivity index (χ2v) is 7.40. The summed E-state index contributed by atoms with van der Waals surface area (Å²) in [7, 11) is 3.23. The zero-order chi connectivity index (χ0) is 23.7. The van der Waals surface area contributed by atoms with Crippen molar-refractivity contribution in [2.75, 3.05) is 14.2 Å². The first-order valence-electron chi connectivity index (χ1n) is 11.0. The summed E-state index contributed by atoms with van der Waals surface area (Å²) in [5.74, 6) is 1.34. The Labute approximate surface area is 195 Å². The molecular formula is C25H32N4O4. The Morgan fingerprint density at radius 1 is 0.667 bits per heavy atom. The minimum Gasteiger partial charge on any atom is -0.497 e. The van der Waals surface area contributed by atoms with Crippen molar-refractivity contribution < 1.29 is 19.1 Å². The largest absolute Gasteiger partial charge is 0.497 e. The summed E-state index contributed by atoms with van der Waals surface area (Å²) in [5.41, 5.74) is 6.84. The summed E-state index contributed by atoms with van der Waals surface area (Å²) in [5, 5.41) is 7.94. The zero-order valence-corrected chi connectivity index (χ0v) is 19.3. The van der Waals surface area contributed by atoms with Crippen molar-refractivity contribution in [3.8, 4) is 11.5 Å². The summed E-state index contributed by atoms with van der Waals surface area (Å²) in [6.07, 6.45) is 8.50. The maximum absolute atomic E-state index is 11.8. The number of nitrogens with zero attached hydrogens (tertiary/aromatic N) is 2. The number of unbranched alkanes of at least 4 members (excludes halogenated alkanes) is 4. The summed E-state index contributed by atoms with van der Waals surface area (Å²) in [6.45, 7) is 0. The molecule has 0 aliphatic carbocycles. The molecule has 33 heavy (non-hydrogen) atoms. The van der Waals surface area contributed by atoms with Crippen molar-refractivity contribution in [2.24, 2.45) is 10.2 Å². The van der Waals surface area contributed by atoms with Crippen LogP contribution < -0.4 is 20.3 Å². The van der Waals surface area contributed by atoms with Crippen molar-refractivity contribution in [1.29, 1.82) is 0 Å². The van der Waals surface area contributed by atoms with Crippen LogP contribution in [-0.2, 0) is 9.59 Å². The average Bonchev–Trinajstić information content (AvgIpc) is 2.84. The molecule has 176 valence electrons. The predicted octanol–water partition coefficient (Wildman–Crippen LogP) is 4.03. The Hall–Kier alpha value is -3.68. The molecule has 2 rings (SSSR count). The van der Waals surface area contributed by atoms with Crippen molar-refractivity contribution in [1.82, 2.24) is 10.9 Å². The van der Waals surface area contributed by atoms with Gasteiger partial charge in [0.15, 0.2) is 0 Å². The molecule has 8 heteroatoms. The number of carbonyl (C=O) groups excluding carboxylic acids is 2. The molecule has 0 heterocycles. The van der Waals surface area contributed by atoms with Gasteiger partial charge in [0.05, 0.1) is 26.6 Å². The lowest BCUT2D eigenvalue weighted by Crippen LogP contribution is -2.17. The van der Waals surface area contributed by atoms with Gasteiger partial charge in [-0.2, -0.15) is 10.2 Å². The molecule has 0 atom stereocenters. The molecule has 0 fully saturated rings. The second kappa shape index (κ2) is 15.2. The summed E-state index contributed by atoms with van der Waals surface area (Å²) >= 11 is 0. The monoisotopic (exact) mass is 452 g/mol. The van der Waals surface area contributed by atoms with Crippen LogP contribution in [0.15, 0.2) is 58.7 Å². The number of benzene rings is 2. The number of ether oxygens (including phenoxy) is 2. The van der Waals surface area contributed by atoms with Gasteiger partial charge in [-0.3, -0.25) is 9.59 Å². The average molecular weight is 453 g/mol. The van der Waals surface area contributed by atoms with E-state index in [1.54, 1.807) is 26.6 Å². The van der Waals surface area contributed by atoms with Crippen LogP contribution in [0.5, 0.6) is 11.5 Å². The molecule has 2 amide bonds. The third-order valence-electron chi connectivity index (χ3n) is 4.85. The van der Waals surface area contributed by atoms with Gasteiger partial charge in [-0.05, 0) is 72.5 Å². The number of carbonyl (C=O) groups is 2. The molecule has 0 saturated carbocycles. The Bertz CT molecular complexity index is 834. The number of methoxy groups -OCH3 is 2. The quantitative estimate of drug-likeness (QED) is 0.257. The van der Waals surface area contributed by atoms with Crippen LogP contribution in [-0.4, -0.2) is 38.5 Å². The van der Waals surface area contributed by atoms with Crippen LogP contribution in [0, 0.1) is 0 Å². The molecule has 0 spiro atoms. The van der Waals surface area contributed by atoms with E-state index in [4.69, 9.17) is 9.47 Å². The number of hydrazone groups is 2. The molecule has 0 bridgehead atoms. The van der Waals surface area contributed by atoms with Crippen molar-refractivity contribution in [2.45, 2.75) is 44.9 Å². The topological polar surface area (TPSA) is 101 Å². The van der Waals surface area contributed by atoms with E-state index in [2.05, 4.69) is 21.1 Å². The number of hydrogen-bond acceptors (Lipinski definition) is 6. The summed E-state index contributed by atoms with van der Waals surface area (Å²) in [4.78, 5) is 23.7. The lowest BCUT2D eigenvalue weighted by molar-refractivity contribution is -0.121. The zero-order valence-electron chi connectivity index (χ0n) is 19.3. The third kappa shape index (κ3) is 11.0. The summed E-state index contributed by atoms with van der Waals surface area (Å²) in [6, 6.07) is 14.8. The molecule has 0 saturated heterocycles. The van der Waals surface area contributed by atoms with Crippen molar-refractivity contribution in [3.63, 3.8) is 0 Å². The lowest BCUT2D eigenvalue weighted by atomic mass is 10.1. The number of nitrogens with one attached hydrogen (secondary N) is 2. The highest BCUT2D eigenvalue weighted by Gasteiger charge is 2.02. The van der Waals surface area contributed by atoms with Gasteiger partial charge in [0.1, 0.15) is 11.5 Å². The van der Waals surface area contributed by atoms with Crippen molar-refractivity contribution >= 4 is 24.2 Å². The van der Waals surface area contributed by atoms with E-state index in [9.17, 15) is 9.59 Å². The highest BCUT2D eigenvalue weighted by molar-refractivity contribution is 5.83. The van der Waals surface area contributed by atoms with E-state index in [0.29, 0.717) is 12.8 Å². The summed E-state index contributed by atoms with van der Waals surface area (Å²) < 4.78 is 10.2. The third-order valence-corrected chi connectivity index (χ3v) is 4.85.